The van der Waals surface area contributed by atoms with Crippen LogP contribution in [-0.2, 0) is 0 Å². The van der Waals surface area contributed by atoms with Gasteiger partial charge in [0.2, 0.25) is 0 Å². The predicted octanol–water partition coefficient (Wildman–Crippen LogP) is 1.73. The van der Waals surface area contributed by atoms with Gasteiger partial charge in [-0.05, 0) is 31.2 Å². The second-order valence-electron chi connectivity index (χ2n) is 3.71. The topological polar surface area (TPSA) is 71.6 Å². The molecule has 2 aromatic rings. The molecule has 1 heterocycles. The van der Waals surface area contributed by atoms with E-state index in [0.29, 0.717) is 5.56 Å². The number of Topliss-reactive ketones (excluding diaryl/α,β-unsaturated/α-hetero) is 1. The largest absolute Gasteiger partial charge is 0.292 e. The van der Waals surface area contributed by atoms with Crippen molar-refractivity contribution in [2.75, 3.05) is 0 Å². The minimum Gasteiger partial charge on any atom is -0.292 e. The van der Waals surface area contributed by atoms with Gasteiger partial charge in [0.25, 0.3) is 5.82 Å². The maximum atomic E-state index is 12.7. The van der Waals surface area contributed by atoms with Crippen molar-refractivity contribution in [1.29, 1.82) is 5.26 Å². The molecule has 18 heavy (non-hydrogen) atoms. The fourth-order valence-corrected chi connectivity index (χ4v) is 1.49. The minimum absolute atomic E-state index is 0.00811. The number of carbonyl (C=O) groups is 1. The maximum absolute atomic E-state index is 12.7. The number of nitriles is 1. The van der Waals surface area contributed by atoms with Crippen molar-refractivity contribution in [2.45, 2.75) is 13.0 Å². The molecule has 0 bridgehead atoms. The SMILES string of the molecule is CC(C(=O)c1ccc(F)cc1)n1cnc(C#N)n1. The molecule has 0 aliphatic rings. The van der Waals surface area contributed by atoms with Crippen molar-refractivity contribution < 1.29 is 9.18 Å². The summed E-state index contributed by atoms with van der Waals surface area (Å²) < 4.78 is 14.1. The highest BCUT2D eigenvalue weighted by atomic mass is 19.1. The Balaban J connectivity index is 2.23. The standard InChI is InChI=1S/C12H9FN4O/c1-8(17-7-15-11(6-14)16-17)12(18)9-2-4-10(13)5-3-9/h2-5,7-8H,1H3. The molecule has 90 valence electrons. The molecule has 6 heteroatoms. The van der Waals surface area contributed by atoms with Crippen molar-refractivity contribution >= 4 is 5.78 Å². The van der Waals surface area contributed by atoms with Crippen LogP contribution < -0.4 is 0 Å². The Morgan fingerprint density at radius 3 is 2.67 bits per heavy atom. The lowest BCUT2D eigenvalue weighted by Crippen LogP contribution is -2.17. The molecule has 0 radical (unpaired) electrons. The van der Waals surface area contributed by atoms with Crippen LogP contribution in [0.5, 0.6) is 0 Å². The van der Waals surface area contributed by atoms with E-state index < -0.39 is 11.9 Å². The van der Waals surface area contributed by atoms with Gasteiger partial charge in [-0.2, -0.15) is 5.26 Å². The van der Waals surface area contributed by atoms with E-state index in [1.807, 2.05) is 0 Å². The minimum atomic E-state index is -0.593. The zero-order valence-electron chi connectivity index (χ0n) is 9.54. The Bertz CT molecular complexity index is 612. The highest BCUT2D eigenvalue weighted by molar-refractivity contribution is 5.98. The van der Waals surface area contributed by atoms with E-state index in [1.54, 1.807) is 13.0 Å². The summed E-state index contributed by atoms with van der Waals surface area (Å²) in [6.45, 7) is 1.64. The number of ketones is 1. The first kappa shape index (κ1) is 11.9. The highest BCUT2D eigenvalue weighted by Crippen LogP contribution is 2.13. The summed E-state index contributed by atoms with van der Waals surface area (Å²) in [4.78, 5) is 15.8. The molecule has 0 saturated heterocycles. The van der Waals surface area contributed by atoms with Crippen molar-refractivity contribution in [3.63, 3.8) is 0 Å². The summed E-state index contributed by atoms with van der Waals surface area (Å²) in [5.41, 5.74) is 0.387. The molecule has 0 saturated carbocycles. The Kier molecular flexibility index (Phi) is 3.15. The number of hydrogen-bond acceptors (Lipinski definition) is 4. The van der Waals surface area contributed by atoms with Gasteiger partial charge in [-0.1, -0.05) is 0 Å². The molecule has 0 fully saturated rings. The predicted molar refractivity (Wildman–Crippen MR) is 60.2 cm³/mol. The normalized spacial score (nSPS) is 11.8. The Labute approximate surface area is 102 Å². The molecule has 1 unspecified atom stereocenters. The van der Waals surface area contributed by atoms with Gasteiger partial charge in [0.15, 0.2) is 5.78 Å². The van der Waals surface area contributed by atoms with Crippen LogP contribution in [0.1, 0.15) is 29.1 Å². The first-order chi connectivity index (χ1) is 8.61. The number of rotatable bonds is 3. The number of carbonyl (C=O) groups excluding carboxylic acids is 1. The second kappa shape index (κ2) is 4.75. The molecule has 0 aliphatic heterocycles. The smallest absolute Gasteiger partial charge is 0.252 e. The van der Waals surface area contributed by atoms with Gasteiger partial charge >= 0.3 is 0 Å². The number of halogens is 1. The van der Waals surface area contributed by atoms with E-state index in [-0.39, 0.29) is 11.6 Å². The molecule has 0 spiro atoms. The van der Waals surface area contributed by atoms with E-state index >= 15 is 0 Å². The van der Waals surface area contributed by atoms with Crippen molar-refractivity contribution in [1.82, 2.24) is 14.8 Å². The van der Waals surface area contributed by atoms with Crippen molar-refractivity contribution in [2.24, 2.45) is 0 Å². The average Bonchev–Trinajstić information content (AvgIpc) is 2.86. The third-order valence-corrected chi connectivity index (χ3v) is 2.51. The van der Waals surface area contributed by atoms with Crippen LogP contribution in [0.3, 0.4) is 0 Å². The summed E-state index contributed by atoms with van der Waals surface area (Å²) in [5, 5.41) is 12.4. The molecule has 5 nitrogen and oxygen atoms in total. The molecular formula is C12H9FN4O. The number of nitrogens with zero attached hydrogens (tertiary/aromatic N) is 4. The first-order valence-electron chi connectivity index (χ1n) is 5.23. The van der Waals surface area contributed by atoms with Gasteiger partial charge in [-0.15, -0.1) is 5.10 Å². The van der Waals surface area contributed by atoms with Crippen LogP contribution >= 0.6 is 0 Å². The van der Waals surface area contributed by atoms with Crippen molar-refractivity contribution in [3.8, 4) is 6.07 Å². The summed E-state index contributed by atoms with van der Waals surface area (Å²) in [6.07, 6.45) is 1.32. The zero-order chi connectivity index (χ0) is 13.1. The first-order valence-corrected chi connectivity index (χ1v) is 5.23. The van der Waals surface area contributed by atoms with Gasteiger partial charge in [-0.3, -0.25) is 4.79 Å². The Hall–Kier alpha value is -2.55. The quantitative estimate of drug-likeness (QED) is 0.771. The molecule has 0 N–H and O–H groups in total. The zero-order valence-corrected chi connectivity index (χ0v) is 9.54. The fraction of sp³-hybridized carbons (Fsp3) is 0.167. The van der Waals surface area contributed by atoms with Gasteiger partial charge < -0.3 is 0 Å². The van der Waals surface area contributed by atoms with E-state index in [4.69, 9.17) is 5.26 Å². The van der Waals surface area contributed by atoms with Gasteiger partial charge in [-0.25, -0.2) is 14.1 Å². The van der Waals surface area contributed by atoms with Crippen LogP contribution in [0.25, 0.3) is 0 Å². The van der Waals surface area contributed by atoms with Crippen molar-refractivity contribution in [3.05, 3.63) is 47.8 Å². The monoisotopic (exact) mass is 244 g/mol. The number of aromatic nitrogens is 3. The van der Waals surface area contributed by atoms with Gasteiger partial charge in [0, 0.05) is 5.56 Å². The summed E-state index contributed by atoms with van der Waals surface area (Å²) in [5.74, 6) is -0.607. The molecule has 0 aliphatic carbocycles. The molecule has 2 rings (SSSR count). The molecule has 1 aromatic heterocycles. The van der Waals surface area contributed by atoms with Gasteiger partial charge in [0.05, 0.1) is 0 Å². The molecule has 1 aromatic carbocycles. The average molecular weight is 244 g/mol. The van der Waals surface area contributed by atoms with Gasteiger partial charge in [0.1, 0.15) is 24.3 Å². The molecule has 0 amide bonds. The lowest BCUT2D eigenvalue weighted by molar-refractivity contribution is 0.0928. The third-order valence-electron chi connectivity index (χ3n) is 2.51. The Morgan fingerprint density at radius 1 is 1.44 bits per heavy atom. The van der Waals surface area contributed by atoms with E-state index in [1.165, 1.54) is 35.3 Å². The fourth-order valence-electron chi connectivity index (χ4n) is 1.49. The second-order valence-corrected chi connectivity index (χ2v) is 3.71. The van der Waals surface area contributed by atoms with E-state index in [9.17, 15) is 9.18 Å². The lowest BCUT2D eigenvalue weighted by Gasteiger charge is -2.09. The van der Waals surface area contributed by atoms with E-state index in [0.717, 1.165) is 0 Å². The lowest BCUT2D eigenvalue weighted by atomic mass is 10.1. The van der Waals surface area contributed by atoms with Crippen LogP contribution in [0.2, 0.25) is 0 Å². The van der Waals surface area contributed by atoms with Crippen LogP contribution in [0, 0.1) is 17.1 Å². The summed E-state index contributed by atoms with van der Waals surface area (Å²) in [7, 11) is 0. The summed E-state index contributed by atoms with van der Waals surface area (Å²) >= 11 is 0. The Morgan fingerprint density at radius 2 is 2.11 bits per heavy atom. The van der Waals surface area contributed by atoms with Crippen LogP contribution in [-0.4, -0.2) is 20.5 Å². The summed E-state index contributed by atoms with van der Waals surface area (Å²) in [6, 6.07) is 6.47. The number of hydrogen-bond donors (Lipinski definition) is 0. The highest BCUT2D eigenvalue weighted by Gasteiger charge is 2.18. The van der Waals surface area contributed by atoms with Crippen LogP contribution in [0.15, 0.2) is 30.6 Å². The van der Waals surface area contributed by atoms with Crippen LogP contribution in [0.4, 0.5) is 4.39 Å². The van der Waals surface area contributed by atoms with E-state index in [2.05, 4.69) is 10.1 Å². The maximum Gasteiger partial charge on any atom is 0.252 e. The molecular weight excluding hydrogens is 235 g/mol. The third kappa shape index (κ3) is 2.25. The number of benzene rings is 1. The molecule has 1 atom stereocenters.